The SMILES string of the molecule is CCNC1CCC(C(C)(C)CC)CC1N(C)C(C)C1CC1. The first-order valence-electron chi connectivity index (χ1n) is 9.36. The standard InChI is InChI=1S/C19H38N2/c1-7-19(4,5)16-11-12-17(20-8-2)18(13-16)21(6)14(3)15-9-10-15/h14-18,20H,7-13H2,1-6H3. The molecule has 2 aliphatic carbocycles. The molecule has 0 bridgehead atoms. The summed E-state index contributed by atoms with van der Waals surface area (Å²) in [5.41, 5.74) is 0.499. The van der Waals surface area contributed by atoms with E-state index in [2.05, 4.69) is 51.9 Å². The van der Waals surface area contributed by atoms with Gasteiger partial charge in [0, 0.05) is 18.1 Å². The Bertz CT molecular complexity index is 322. The molecular weight excluding hydrogens is 256 g/mol. The van der Waals surface area contributed by atoms with Gasteiger partial charge in [-0.25, -0.2) is 0 Å². The fraction of sp³-hybridized carbons (Fsp3) is 1.00. The van der Waals surface area contributed by atoms with Gasteiger partial charge in [0.15, 0.2) is 0 Å². The lowest BCUT2D eigenvalue weighted by Gasteiger charge is -2.48. The lowest BCUT2D eigenvalue weighted by atomic mass is 9.67. The van der Waals surface area contributed by atoms with Crippen LogP contribution in [0.4, 0.5) is 0 Å². The molecule has 0 aliphatic heterocycles. The highest BCUT2D eigenvalue weighted by molar-refractivity contribution is 4.97. The third-order valence-corrected chi connectivity index (χ3v) is 6.77. The minimum Gasteiger partial charge on any atom is -0.313 e. The van der Waals surface area contributed by atoms with E-state index in [4.69, 9.17) is 0 Å². The summed E-state index contributed by atoms with van der Waals surface area (Å²) in [6.07, 6.45) is 8.35. The van der Waals surface area contributed by atoms with Crippen molar-refractivity contribution in [2.45, 2.75) is 91.3 Å². The molecule has 0 aromatic heterocycles. The molecule has 0 radical (unpaired) electrons. The largest absolute Gasteiger partial charge is 0.313 e. The zero-order valence-corrected chi connectivity index (χ0v) is 15.3. The van der Waals surface area contributed by atoms with Gasteiger partial charge in [0.1, 0.15) is 0 Å². The monoisotopic (exact) mass is 294 g/mol. The Balaban J connectivity index is 2.06. The van der Waals surface area contributed by atoms with Gasteiger partial charge in [-0.3, -0.25) is 4.90 Å². The highest BCUT2D eigenvalue weighted by atomic mass is 15.2. The maximum atomic E-state index is 3.78. The normalized spacial score (nSPS) is 32.4. The Labute approximate surface area is 133 Å². The van der Waals surface area contributed by atoms with E-state index in [1.807, 2.05) is 0 Å². The molecule has 4 atom stereocenters. The maximum Gasteiger partial charge on any atom is 0.0252 e. The van der Waals surface area contributed by atoms with E-state index in [1.165, 1.54) is 38.5 Å². The molecule has 2 rings (SSSR count). The van der Waals surface area contributed by atoms with Gasteiger partial charge >= 0.3 is 0 Å². The molecule has 21 heavy (non-hydrogen) atoms. The first-order valence-corrected chi connectivity index (χ1v) is 9.36. The van der Waals surface area contributed by atoms with Crippen molar-refractivity contribution in [1.29, 1.82) is 0 Å². The minimum absolute atomic E-state index is 0.499. The third kappa shape index (κ3) is 4.01. The first-order chi connectivity index (χ1) is 9.90. The number of hydrogen-bond donors (Lipinski definition) is 1. The first kappa shape index (κ1) is 17.3. The van der Waals surface area contributed by atoms with Crippen molar-refractivity contribution in [3.63, 3.8) is 0 Å². The molecule has 0 aromatic rings. The second-order valence-electron chi connectivity index (χ2n) is 8.33. The molecule has 1 N–H and O–H groups in total. The fourth-order valence-electron chi connectivity index (χ4n) is 4.31. The number of hydrogen-bond acceptors (Lipinski definition) is 2. The predicted molar refractivity (Wildman–Crippen MR) is 92.6 cm³/mol. The Morgan fingerprint density at radius 3 is 2.33 bits per heavy atom. The van der Waals surface area contributed by atoms with Gasteiger partial charge in [-0.1, -0.05) is 34.1 Å². The van der Waals surface area contributed by atoms with Crippen molar-refractivity contribution >= 4 is 0 Å². The van der Waals surface area contributed by atoms with Gasteiger partial charge in [0.25, 0.3) is 0 Å². The van der Waals surface area contributed by atoms with Crippen molar-refractivity contribution in [2.75, 3.05) is 13.6 Å². The molecule has 124 valence electrons. The lowest BCUT2D eigenvalue weighted by Crippen LogP contribution is -2.55. The Morgan fingerprint density at radius 2 is 1.81 bits per heavy atom. The number of nitrogens with zero attached hydrogens (tertiary/aromatic N) is 1. The zero-order chi connectivity index (χ0) is 15.6. The van der Waals surface area contributed by atoms with Gasteiger partial charge in [-0.05, 0) is 69.9 Å². The Hall–Kier alpha value is -0.0800. The highest BCUT2D eigenvalue weighted by Gasteiger charge is 2.41. The van der Waals surface area contributed by atoms with Crippen molar-refractivity contribution < 1.29 is 0 Å². The second-order valence-corrected chi connectivity index (χ2v) is 8.33. The van der Waals surface area contributed by atoms with Crippen LogP contribution in [-0.4, -0.2) is 36.6 Å². The quantitative estimate of drug-likeness (QED) is 0.753. The number of rotatable bonds is 7. The average molecular weight is 295 g/mol. The molecular formula is C19H38N2. The van der Waals surface area contributed by atoms with Gasteiger partial charge in [-0.15, -0.1) is 0 Å². The molecule has 0 heterocycles. The van der Waals surface area contributed by atoms with Crippen LogP contribution in [0.2, 0.25) is 0 Å². The van der Waals surface area contributed by atoms with Crippen LogP contribution in [0.25, 0.3) is 0 Å². The van der Waals surface area contributed by atoms with Gasteiger partial charge in [0.2, 0.25) is 0 Å². The molecule has 0 spiro atoms. The van der Waals surface area contributed by atoms with Crippen molar-refractivity contribution in [1.82, 2.24) is 10.2 Å². The summed E-state index contributed by atoms with van der Waals surface area (Å²) in [6, 6.07) is 2.19. The molecule has 0 saturated heterocycles. The van der Waals surface area contributed by atoms with Crippen LogP contribution in [0.1, 0.15) is 73.1 Å². The maximum absolute atomic E-state index is 3.78. The van der Waals surface area contributed by atoms with Crippen LogP contribution in [-0.2, 0) is 0 Å². The Kier molecular flexibility index (Phi) is 5.76. The third-order valence-electron chi connectivity index (χ3n) is 6.77. The lowest BCUT2D eigenvalue weighted by molar-refractivity contribution is 0.0414. The number of likely N-dealkylation sites (N-methyl/N-ethyl adjacent to an activating group) is 2. The topological polar surface area (TPSA) is 15.3 Å². The van der Waals surface area contributed by atoms with Crippen LogP contribution >= 0.6 is 0 Å². The molecule has 0 aromatic carbocycles. The molecule has 2 aliphatic rings. The van der Waals surface area contributed by atoms with Crippen molar-refractivity contribution in [3.05, 3.63) is 0 Å². The smallest absolute Gasteiger partial charge is 0.0252 e. The average Bonchev–Trinajstić information content (AvgIpc) is 3.31. The summed E-state index contributed by atoms with van der Waals surface area (Å²) in [5, 5.41) is 3.78. The summed E-state index contributed by atoms with van der Waals surface area (Å²) in [7, 11) is 2.39. The van der Waals surface area contributed by atoms with E-state index in [1.54, 1.807) is 0 Å². The molecule has 2 fully saturated rings. The van der Waals surface area contributed by atoms with E-state index >= 15 is 0 Å². The molecule has 2 heteroatoms. The minimum atomic E-state index is 0.499. The summed E-state index contributed by atoms with van der Waals surface area (Å²) in [5.74, 6) is 1.85. The van der Waals surface area contributed by atoms with Gasteiger partial charge < -0.3 is 5.32 Å². The van der Waals surface area contributed by atoms with E-state index in [9.17, 15) is 0 Å². The highest BCUT2D eigenvalue weighted by Crippen LogP contribution is 2.43. The molecule has 2 saturated carbocycles. The molecule has 0 amide bonds. The van der Waals surface area contributed by atoms with Crippen molar-refractivity contribution in [3.8, 4) is 0 Å². The fourth-order valence-corrected chi connectivity index (χ4v) is 4.31. The van der Waals surface area contributed by atoms with Crippen molar-refractivity contribution in [2.24, 2.45) is 17.3 Å². The summed E-state index contributed by atoms with van der Waals surface area (Å²) in [6.45, 7) is 13.1. The zero-order valence-electron chi connectivity index (χ0n) is 15.3. The molecule has 4 unspecified atom stereocenters. The Morgan fingerprint density at radius 1 is 1.14 bits per heavy atom. The van der Waals surface area contributed by atoms with E-state index < -0.39 is 0 Å². The summed E-state index contributed by atoms with van der Waals surface area (Å²) >= 11 is 0. The van der Waals surface area contributed by atoms with Crippen LogP contribution in [0.5, 0.6) is 0 Å². The van der Waals surface area contributed by atoms with E-state index in [0.717, 1.165) is 30.5 Å². The van der Waals surface area contributed by atoms with Gasteiger partial charge in [0.05, 0.1) is 0 Å². The van der Waals surface area contributed by atoms with Crippen LogP contribution in [0, 0.1) is 17.3 Å². The van der Waals surface area contributed by atoms with Crippen LogP contribution in [0.3, 0.4) is 0 Å². The van der Waals surface area contributed by atoms with E-state index in [-0.39, 0.29) is 0 Å². The van der Waals surface area contributed by atoms with Crippen LogP contribution < -0.4 is 5.32 Å². The number of nitrogens with one attached hydrogen (secondary N) is 1. The summed E-state index contributed by atoms with van der Waals surface area (Å²) in [4.78, 5) is 2.73. The van der Waals surface area contributed by atoms with E-state index in [0.29, 0.717) is 11.5 Å². The van der Waals surface area contributed by atoms with Crippen LogP contribution in [0.15, 0.2) is 0 Å². The second kappa shape index (κ2) is 7.00. The predicted octanol–water partition coefficient (Wildman–Crippen LogP) is 4.30. The summed E-state index contributed by atoms with van der Waals surface area (Å²) < 4.78 is 0. The molecule has 2 nitrogen and oxygen atoms in total. The van der Waals surface area contributed by atoms with Gasteiger partial charge in [-0.2, -0.15) is 0 Å².